The lowest BCUT2D eigenvalue weighted by atomic mass is 9.88. The van der Waals surface area contributed by atoms with Crippen LogP contribution in [0.15, 0.2) is 155 Å². The van der Waals surface area contributed by atoms with Crippen LogP contribution in [0.4, 0.5) is 22.7 Å². The molecule has 2 unspecified atom stereocenters. The van der Waals surface area contributed by atoms with Gasteiger partial charge in [0.25, 0.3) is 0 Å². The first kappa shape index (κ1) is 26.7. The highest BCUT2D eigenvalue weighted by Crippen LogP contribution is 2.54. The molecule has 0 spiro atoms. The zero-order valence-electron chi connectivity index (χ0n) is 26.5. The Bertz CT molecular complexity index is 2680. The number of para-hydroxylation sites is 5. The van der Waals surface area contributed by atoms with Gasteiger partial charge in [-0.05, 0) is 60.2 Å². The Labute approximate surface area is 283 Å². The summed E-state index contributed by atoms with van der Waals surface area (Å²) in [6.07, 6.45) is 3.08. The van der Waals surface area contributed by atoms with Crippen LogP contribution in [0.3, 0.4) is 0 Å². The predicted octanol–water partition coefficient (Wildman–Crippen LogP) is 10.9. The van der Waals surface area contributed by atoms with E-state index in [1.807, 2.05) is 0 Å². The Balaban J connectivity index is 1.18. The number of nitrogens with one attached hydrogen (secondary N) is 1. The van der Waals surface area contributed by atoms with E-state index < -0.39 is 0 Å². The van der Waals surface area contributed by atoms with Gasteiger partial charge in [0.2, 0.25) is 0 Å². The number of furan rings is 1. The molecule has 3 aliphatic rings. The minimum Gasteiger partial charge on any atom is -0.455 e. The molecule has 0 radical (unpaired) electrons. The normalized spacial score (nSPS) is 17.7. The topological polar surface area (TPSA) is 45.7 Å². The second-order valence-corrected chi connectivity index (χ2v) is 13.1. The van der Waals surface area contributed by atoms with E-state index in [1.54, 1.807) is 0 Å². The fourth-order valence-corrected chi connectivity index (χ4v) is 8.47. The zero-order valence-corrected chi connectivity index (χ0v) is 26.5. The molecule has 0 saturated heterocycles. The molecule has 0 fully saturated rings. The summed E-state index contributed by atoms with van der Waals surface area (Å²) >= 11 is 0. The highest BCUT2D eigenvalue weighted by molar-refractivity contribution is 6.16. The van der Waals surface area contributed by atoms with Gasteiger partial charge in [0, 0.05) is 50.7 Å². The number of aromatic nitrogens is 1. The van der Waals surface area contributed by atoms with Crippen LogP contribution in [-0.4, -0.2) is 16.3 Å². The van der Waals surface area contributed by atoms with Crippen molar-refractivity contribution >= 4 is 73.0 Å². The van der Waals surface area contributed by atoms with Gasteiger partial charge in [0.15, 0.2) is 0 Å². The van der Waals surface area contributed by atoms with E-state index in [0.29, 0.717) is 0 Å². The van der Waals surface area contributed by atoms with Crippen LogP contribution in [-0.2, 0) is 6.42 Å². The fraction of sp³-hybridized carbons (Fsp3) is 0.0682. The quantitative estimate of drug-likeness (QED) is 0.211. The third kappa shape index (κ3) is 3.78. The summed E-state index contributed by atoms with van der Waals surface area (Å²) in [5, 5.41) is 7.49. The van der Waals surface area contributed by atoms with Gasteiger partial charge in [-0.25, -0.2) is 4.99 Å². The van der Waals surface area contributed by atoms with Gasteiger partial charge in [-0.1, -0.05) is 97.1 Å². The summed E-state index contributed by atoms with van der Waals surface area (Å²) in [7, 11) is 0. The van der Waals surface area contributed by atoms with Crippen molar-refractivity contribution in [3.63, 3.8) is 0 Å². The van der Waals surface area contributed by atoms with E-state index in [1.165, 1.54) is 44.7 Å². The summed E-state index contributed by atoms with van der Waals surface area (Å²) in [5.41, 5.74) is 14.6. The van der Waals surface area contributed by atoms with Crippen molar-refractivity contribution in [1.82, 2.24) is 4.57 Å². The molecular formula is C44H30N4O. The van der Waals surface area contributed by atoms with E-state index in [4.69, 9.17) is 9.41 Å². The standard InChI is InChI=1S/C44H30N4O/c1-3-13-27(14-4-1)42-44(46-35-20-10-9-19-34(35)45-42)48-36-21-11-7-17-29(36)32-25-33-39(26-38(32)48)47(28-15-5-2-6-16-28)37-24-23-31-30-18-8-12-22-40(30)49-43(31)41(33)37/h1-25,39,44,46H,26H2. The summed E-state index contributed by atoms with van der Waals surface area (Å²) in [6.45, 7) is 0. The largest absolute Gasteiger partial charge is 0.455 e. The molecule has 1 aliphatic carbocycles. The van der Waals surface area contributed by atoms with Crippen molar-refractivity contribution in [2.75, 3.05) is 10.2 Å². The van der Waals surface area contributed by atoms with Gasteiger partial charge < -0.3 is 19.2 Å². The van der Waals surface area contributed by atoms with Gasteiger partial charge in [0.05, 0.1) is 34.3 Å². The minimum atomic E-state index is -0.197. The van der Waals surface area contributed by atoms with E-state index >= 15 is 0 Å². The number of aliphatic imine (C=N–C) groups is 1. The first-order valence-corrected chi connectivity index (χ1v) is 16.9. The second-order valence-electron chi connectivity index (χ2n) is 13.1. The van der Waals surface area contributed by atoms with Crippen molar-refractivity contribution in [3.8, 4) is 0 Å². The maximum absolute atomic E-state index is 6.70. The van der Waals surface area contributed by atoms with Crippen LogP contribution in [0, 0.1) is 0 Å². The van der Waals surface area contributed by atoms with E-state index in [9.17, 15) is 0 Å². The van der Waals surface area contributed by atoms with Crippen LogP contribution in [0.25, 0.3) is 44.5 Å². The molecule has 11 rings (SSSR count). The van der Waals surface area contributed by atoms with Crippen molar-refractivity contribution < 1.29 is 4.42 Å². The number of fused-ring (bicyclic) bond motifs is 11. The molecular weight excluding hydrogens is 601 g/mol. The van der Waals surface area contributed by atoms with E-state index in [0.717, 1.165) is 51.0 Å². The van der Waals surface area contributed by atoms with Gasteiger partial charge >= 0.3 is 0 Å². The Hall–Kier alpha value is -6.33. The summed E-state index contributed by atoms with van der Waals surface area (Å²) in [4.78, 5) is 7.84. The Morgan fingerprint density at radius 3 is 2.29 bits per heavy atom. The molecule has 1 N–H and O–H groups in total. The molecule has 49 heavy (non-hydrogen) atoms. The van der Waals surface area contributed by atoms with Crippen LogP contribution < -0.4 is 10.2 Å². The highest BCUT2D eigenvalue weighted by Gasteiger charge is 2.42. The summed E-state index contributed by atoms with van der Waals surface area (Å²) in [6, 6.07) is 51.6. The maximum atomic E-state index is 6.70. The summed E-state index contributed by atoms with van der Waals surface area (Å²) < 4.78 is 9.22. The Morgan fingerprint density at radius 2 is 1.41 bits per heavy atom. The van der Waals surface area contributed by atoms with Gasteiger partial charge in [0.1, 0.15) is 17.3 Å². The number of anilines is 3. The highest BCUT2D eigenvalue weighted by atomic mass is 16.3. The molecule has 2 aliphatic heterocycles. The van der Waals surface area contributed by atoms with Crippen molar-refractivity contribution in [3.05, 3.63) is 168 Å². The zero-order chi connectivity index (χ0) is 32.1. The Morgan fingerprint density at radius 1 is 0.673 bits per heavy atom. The first-order valence-electron chi connectivity index (χ1n) is 16.9. The van der Waals surface area contributed by atoms with Crippen LogP contribution in [0.1, 0.15) is 28.6 Å². The number of rotatable bonds is 3. The first-order chi connectivity index (χ1) is 24.3. The fourth-order valence-electron chi connectivity index (χ4n) is 8.47. The third-order valence-corrected chi connectivity index (χ3v) is 10.5. The molecule has 5 heteroatoms. The predicted molar refractivity (Wildman–Crippen MR) is 201 cm³/mol. The average Bonchev–Trinajstić information content (AvgIpc) is 3.81. The molecule has 6 aromatic carbocycles. The molecule has 4 heterocycles. The van der Waals surface area contributed by atoms with Crippen LogP contribution >= 0.6 is 0 Å². The van der Waals surface area contributed by atoms with Gasteiger partial charge in [-0.2, -0.15) is 0 Å². The smallest absolute Gasteiger partial charge is 0.148 e. The van der Waals surface area contributed by atoms with Crippen molar-refractivity contribution in [1.29, 1.82) is 0 Å². The van der Waals surface area contributed by atoms with Crippen molar-refractivity contribution in [2.24, 2.45) is 4.99 Å². The average molecular weight is 631 g/mol. The molecule has 5 nitrogen and oxygen atoms in total. The molecule has 8 aromatic rings. The van der Waals surface area contributed by atoms with E-state index in [-0.39, 0.29) is 12.2 Å². The van der Waals surface area contributed by atoms with Gasteiger partial charge in [-0.3, -0.25) is 0 Å². The van der Waals surface area contributed by atoms with Gasteiger partial charge in [-0.15, -0.1) is 0 Å². The third-order valence-electron chi connectivity index (χ3n) is 10.5. The lowest BCUT2D eigenvalue weighted by molar-refractivity contribution is 0.661. The number of nitrogens with zero attached hydrogens (tertiary/aromatic N) is 3. The number of benzene rings is 6. The molecule has 2 atom stereocenters. The van der Waals surface area contributed by atoms with Crippen LogP contribution in [0.5, 0.6) is 0 Å². The molecule has 2 aromatic heterocycles. The van der Waals surface area contributed by atoms with Crippen LogP contribution in [0.2, 0.25) is 0 Å². The number of hydrogen-bond donors (Lipinski definition) is 1. The van der Waals surface area contributed by atoms with E-state index in [2.05, 4.69) is 166 Å². The molecule has 0 bridgehead atoms. The monoisotopic (exact) mass is 630 g/mol. The second kappa shape index (κ2) is 10.1. The number of hydrogen-bond acceptors (Lipinski definition) is 4. The Kier molecular flexibility index (Phi) is 5.50. The molecule has 232 valence electrons. The lowest BCUT2D eigenvalue weighted by Crippen LogP contribution is -2.35. The van der Waals surface area contributed by atoms with Crippen molar-refractivity contribution in [2.45, 2.75) is 18.6 Å². The molecule has 0 amide bonds. The SMILES string of the molecule is C1=C2c3c(ccc4c3oc3ccccc34)N(c3ccccc3)C2Cc2c1c1ccccc1n2C1Nc2ccccc2N=C1c1ccccc1. The maximum Gasteiger partial charge on any atom is 0.148 e. The lowest BCUT2D eigenvalue weighted by Gasteiger charge is -2.34. The minimum absolute atomic E-state index is 0.0831. The molecule has 0 saturated carbocycles. The summed E-state index contributed by atoms with van der Waals surface area (Å²) in [5.74, 6) is 0.